The van der Waals surface area contributed by atoms with Gasteiger partial charge in [0.15, 0.2) is 0 Å². The summed E-state index contributed by atoms with van der Waals surface area (Å²) in [5.74, 6) is 1.50. The summed E-state index contributed by atoms with van der Waals surface area (Å²) in [6.07, 6.45) is 5.77. The number of likely N-dealkylation sites (tertiary alicyclic amines) is 1. The lowest BCUT2D eigenvalue weighted by Gasteiger charge is -2.36. The fraction of sp³-hybridized carbons (Fsp3) is 0.933. The third kappa shape index (κ3) is 2.40. The zero-order chi connectivity index (χ0) is 13.6. The average molecular weight is 265 g/mol. The highest BCUT2D eigenvalue weighted by atomic mass is 16.2. The second kappa shape index (κ2) is 5.06. The molecule has 19 heavy (non-hydrogen) atoms. The monoisotopic (exact) mass is 265 g/mol. The second-order valence-corrected chi connectivity index (χ2v) is 7.00. The van der Waals surface area contributed by atoms with Crippen LogP contribution < -0.4 is 11.1 Å². The summed E-state index contributed by atoms with van der Waals surface area (Å²) in [6.45, 7) is 3.32. The van der Waals surface area contributed by atoms with Gasteiger partial charge < -0.3 is 16.0 Å². The van der Waals surface area contributed by atoms with Gasteiger partial charge in [-0.05, 0) is 57.9 Å². The minimum atomic E-state index is 0.0914. The molecule has 3 N–H and O–H groups in total. The van der Waals surface area contributed by atoms with E-state index in [1.54, 1.807) is 0 Å². The molecule has 4 heteroatoms. The van der Waals surface area contributed by atoms with Crippen LogP contribution in [-0.4, -0.2) is 42.5 Å². The molecular formula is C15H27N3O. The van der Waals surface area contributed by atoms with Gasteiger partial charge in [-0.15, -0.1) is 0 Å². The lowest BCUT2D eigenvalue weighted by molar-refractivity contribution is -0.128. The van der Waals surface area contributed by atoms with Gasteiger partial charge in [-0.2, -0.15) is 0 Å². The molecule has 2 aliphatic carbocycles. The van der Waals surface area contributed by atoms with E-state index in [9.17, 15) is 4.79 Å². The van der Waals surface area contributed by atoms with Crippen molar-refractivity contribution in [1.29, 1.82) is 0 Å². The molecule has 1 aliphatic heterocycles. The van der Waals surface area contributed by atoms with Gasteiger partial charge in [0.25, 0.3) is 0 Å². The Bertz CT molecular complexity index is 357. The molecule has 6 atom stereocenters. The Morgan fingerprint density at radius 3 is 2.58 bits per heavy atom. The molecule has 6 unspecified atom stereocenters. The van der Waals surface area contributed by atoms with Gasteiger partial charge >= 0.3 is 0 Å². The molecule has 3 rings (SSSR count). The minimum Gasteiger partial charge on any atom is -0.353 e. The summed E-state index contributed by atoms with van der Waals surface area (Å²) in [7, 11) is 2.16. The number of rotatable bonds is 2. The minimum absolute atomic E-state index is 0.0914. The van der Waals surface area contributed by atoms with Crippen LogP contribution in [0.4, 0.5) is 0 Å². The van der Waals surface area contributed by atoms with E-state index in [-0.39, 0.29) is 17.9 Å². The van der Waals surface area contributed by atoms with E-state index < -0.39 is 0 Å². The SMILES string of the molecule is CC1CC(NC(=O)C2C3CCC(C3)C2N)CCN1C. The first-order valence-corrected chi connectivity index (χ1v) is 7.82. The fourth-order valence-corrected chi connectivity index (χ4v) is 4.44. The number of nitrogens with one attached hydrogen (secondary N) is 1. The van der Waals surface area contributed by atoms with Crippen molar-refractivity contribution >= 4 is 5.91 Å². The van der Waals surface area contributed by atoms with Gasteiger partial charge in [-0.1, -0.05) is 0 Å². The standard InChI is InChI=1S/C15H27N3O/c1-9-7-12(5-6-18(9)2)17-15(19)13-10-3-4-11(8-10)14(13)16/h9-14H,3-8,16H2,1-2H3,(H,17,19). The maximum absolute atomic E-state index is 12.5. The first kappa shape index (κ1) is 13.4. The molecule has 3 fully saturated rings. The Morgan fingerprint density at radius 2 is 1.95 bits per heavy atom. The molecule has 0 aromatic rings. The maximum Gasteiger partial charge on any atom is 0.225 e. The zero-order valence-electron chi connectivity index (χ0n) is 12.1. The number of hydrogen-bond acceptors (Lipinski definition) is 3. The Balaban J connectivity index is 1.57. The van der Waals surface area contributed by atoms with Gasteiger partial charge in [0.1, 0.15) is 0 Å². The summed E-state index contributed by atoms with van der Waals surface area (Å²) in [5.41, 5.74) is 6.25. The van der Waals surface area contributed by atoms with Crippen molar-refractivity contribution in [3.05, 3.63) is 0 Å². The number of hydrogen-bond donors (Lipinski definition) is 2. The van der Waals surface area contributed by atoms with Crippen molar-refractivity contribution < 1.29 is 4.79 Å². The first-order valence-electron chi connectivity index (χ1n) is 7.82. The predicted octanol–water partition coefficient (Wildman–Crippen LogP) is 0.959. The van der Waals surface area contributed by atoms with E-state index in [1.165, 1.54) is 19.3 Å². The first-order chi connectivity index (χ1) is 9.06. The number of nitrogens with two attached hydrogens (primary N) is 1. The van der Waals surface area contributed by atoms with Crippen LogP contribution in [-0.2, 0) is 4.79 Å². The summed E-state index contributed by atoms with van der Waals surface area (Å²) in [5, 5.41) is 3.28. The highest BCUT2D eigenvalue weighted by Gasteiger charge is 2.49. The summed E-state index contributed by atoms with van der Waals surface area (Å²) in [4.78, 5) is 14.9. The van der Waals surface area contributed by atoms with E-state index in [0.717, 1.165) is 19.4 Å². The normalized spacial score (nSPS) is 46.5. The smallest absolute Gasteiger partial charge is 0.225 e. The van der Waals surface area contributed by atoms with Crippen LogP contribution in [0.5, 0.6) is 0 Å². The number of fused-ring (bicyclic) bond motifs is 2. The largest absolute Gasteiger partial charge is 0.353 e. The molecule has 2 saturated carbocycles. The van der Waals surface area contributed by atoms with E-state index in [1.807, 2.05) is 0 Å². The van der Waals surface area contributed by atoms with Crippen LogP contribution in [0.15, 0.2) is 0 Å². The van der Waals surface area contributed by atoms with Crippen molar-refractivity contribution in [2.24, 2.45) is 23.5 Å². The molecule has 0 aromatic heterocycles. The van der Waals surface area contributed by atoms with E-state index in [0.29, 0.717) is 23.9 Å². The Morgan fingerprint density at radius 1 is 1.21 bits per heavy atom. The maximum atomic E-state index is 12.5. The van der Waals surface area contributed by atoms with Crippen LogP contribution in [0, 0.1) is 17.8 Å². The van der Waals surface area contributed by atoms with Crippen molar-refractivity contribution in [2.45, 2.75) is 57.2 Å². The predicted molar refractivity (Wildman–Crippen MR) is 75.6 cm³/mol. The van der Waals surface area contributed by atoms with Crippen molar-refractivity contribution in [1.82, 2.24) is 10.2 Å². The zero-order valence-corrected chi connectivity index (χ0v) is 12.1. The fourth-order valence-electron chi connectivity index (χ4n) is 4.44. The lowest BCUT2D eigenvalue weighted by atomic mass is 9.84. The third-order valence-corrected chi connectivity index (χ3v) is 5.84. The Labute approximate surface area is 116 Å². The van der Waals surface area contributed by atoms with Gasteiger partial charge in [0.05, 0.1) is 5.92 Å². The summed E-state index contributed by atoms with van der Waals surface area (Å²) >= 11 is 0. The topological polar surface area (TPSA) is 58.4 Å². The second-order valence-electron chi connectivity index (χ2n) is 7.00. The Hall–Kier alpha value is -0.610. The van der Waals surface area contributed by atoms with Crippen LogP contribution in [0.3, 0.4) is 0 Å². The van der Waals surface area contributed by atoms with Gasteiger partial charge in [0.2, 0.25) is 5.91 Å². The molecule has 1 amide bonds. The average Bonchev–Trinajstić information content (AvgIpc) is 2.94. The van der Waals surface area contributed by atoms with Gasteiger partial charge in [-0.25, -0.2) is 0 Å². The molecule has 0 spiro atoms. The summed E-state index contributed by atoms with van der Waals surface area (Å²) in [6, 6.07) is 1.03. The van der Waals surface area contributed by atoms with Gasteiger partial charge in [0, 0.05) is 24.7 Å². The van der Waals surface area contributed by atoms with Crippen molar-refractivity contribution in [2.75, 3.05) is 13.6 Å². The molecule has 4 nitrogen and oxygen atoms in total. The third-order valence-electron chi connectivity index (χ3n) is 5.84. The number of carbonyl (C=O) groups is 1. The highest BCUT2D eigenvalue weighted by Crippen LogP contribution is 2.47. The van der Waals surface area contributed by atoms with Crippen molar-refractivity contribution in [3.8, 4) is 0 Å². The summed E-state index contributed by atoms with van der Waals surface area (Å²) < 4.78 is 0. The molecular weight excluding hydrogens is 238 g/mol. The molecule has 1 heterocycles. The van der Waals surface area contributed by atoms with Gasteiger partial charge in [-0.3, -0.25) is 4.79 Å². The highest BCUT2D eigenvalue weighted by molar-refractivity contribution is 5.80. The molecule has 1 saturated heterocycles. The number of carbonyl (C=O) groups excluding carboxylic acids is 1. The van der Waals surface area contributed by atoms with Crippen LogP contribution in [0.25, 0.3) is 0 Å². The number of piperidine rings is 1. The van der Waals surface area contributed by atoms with E-state index in [2.05, 4.69) is 24.2 Å². The van der Waals surface area contributed by atoms with Crippen LogP contribution in [0.2, 0.25) is 0 Å². The Kier molecular flexibility index (Phi) is 3.56. The molecule has 3 aliphatic rings. The van der Waals surface area contributed by atoms with Crippen LogP contribution >= 0.6 is 0 Å². The molecule has 0 aromatic carbocycles. The lowest BCUT2D eigenvalue weighted by Crippen LogP contribution is -2.52. The van der Waals surface area contributed by atoms with E-state index >= 15 is 0 Å². The van der Waals surface area contributed by atoms with Crippen LogP contribution in [0.1, 0.15) is 39.0 Å². The van der Waals surface area contributed by atoms with Crippen molar-refractivity contribution in [3.63, 3.8) is 0 Å². The number of nitrogens with zero attached hydrogens (tertiary/aromatic N) is 1. The molecule has 108 valence electrons. The molecule has 0 radical (unpaired) electrons. The number of amides is 1. The quantitative estimate of drug-likeness (QED) is 0.782. The van der Waals surface area contributed by atoms with E-state index in [4.69, 9.17) is 5.73 Å². The molecule has 2 bridgehead atoms.